The van der Waals surface area contributed by atoms with Crippen molar-refractivity contribution < 1.29 is 9.59 Å². The number of aromatic amines is 1. The molecular weight excluding hydrogens is 422 g/mol. The maximum Gasteiger partial charge on any atom is 0.246 e. The maximum atomic E-state index is 13.7. The van der Waals surface area contributed by atoms with Gasteiger partial charge in [0.05, 0.1) is 12.6 Å². The first-order valence-corrected chi connectivity index (χ1v) is 12.8. The first kappa shape index (κ1) is 22.7. The summed E-state index contributed by atoms with van der Waals surface area (Å²) in [4.78, 5) is 34.5. The van der Waals surface area contributed by atoms with Crippen molar-refractivity contribution in [3.8, 4) is 0 Å². The fraction of sp³-hybridized carbons (Fsp3) is 0.448. The van der Waals surface area contributed by atoms with Crippen LogP contribution in [-0.4, -0.2) is 45.7 Å². The Labute approximate surface area is 202 Å². The van der Waals surface area contributed by atoms with Crippen LogP contribution in [0.5, 0.6) is 0 Å². The van der Waals surface area contributed by atoms with Crippen LogP contribution in [0.15, 0.2) is 48.5 Å². The van der Waals surface area contributed by atoms with E-state index in [1.807, 2.05) is 17.0 Å². The van der Waals surface area contributed by atoms with Crippen LogP contribution in [0, 0.1) is 0 Å². The molecule has 1 N–H and O–H groups in total. The summed E-state index contributed by atoms with van der Waals surface area (Å²) in [6, 6.07) is 16.1. The smallest absolute Gasteiger partial charge is 0.246 e. The van der Waals surface area contributed by atoms with Gasteiger partial charge in [0.25, 0.3) is 0 Å². The van der Waals surface area contributed by atoms with E-state index in [-0.39, 0.29) is 24.4 Å². The van der Waals surface area contributed by atoms with E-state index in [4.69, 9.17) is 0 Å². The number of unbranched alkanes of at least 4 members (excludes halogenated alkanes) is 3. The molecule has 34 heavy (non-hydrogen) atoms. The summed E-state index contributed by atoms with van der Waals surface area (Å²) in [7, 11) is 0. The maximum absolute atomic E-state index is 13.7. The van der Waals surface area contributed by atoms with E-state index in [9.17, 15) is 9.59 Å². The highest BCUT2D eigenvalue weighted by Gasteiger charge is 2.48. The molecule has 3 aromatic rings. The van der Waals surface area contributed by atoms with Gasteiger partial charge in [0.1, 0.15) is 6.04 Å². The molecule has 0 bridgehead atoms. The number of piperazine rings is 1. The Morgan fingerprint density at radius 2 is 1.76 bits per heavy atom. The number of aromatic nitrogens is 1. The lowest BCUT2D eigenvalue weighted by Crippen LogP contribution is -2.63. The molecular formula is C29H35N3O2. The van der Waals surface area contributed by atoms with Gasteiger partial charge in [0.15, 0.2) is 0 Å². The third-order valence-corrected chi connectivity index (χ3v) is 7.54. The van der Waals surface area contributed by atoms with Crippen molar-refractivity contribution in [1.82, 2.24) is 14.8 Å². The van der Waals surface area contributed by atoms with Crippen molar-refractivity contribution >= 4 is 22.7 Å². The molecule has 2 amide bonds. The Morgan fingerprint density at radius 1 is 1.00 bits per heavy atom. The van der Waals surface area contributed by atoms with Crippen LogP contribution in [0.2, 0.25) is 0 Å². The largest absolute Gasteiger partial charge is 0.356 e. The van der Waals surface area contributed by atoms with Gasteiger partial charge < -0.3 is 14.8 Å². The molecule has 1 aromatic heterocycles. The summed E-state index contributed by atoms with van der Waals surface area (Å²) < 4.78 is 0. The second-order valence-electron chi connectivity index (χ2n) is 10.1. The lowest BCUT2D eigenvalue weighted by Gasteiger charge is -2.47. The summed E-state index contributed by atoms with van der Waals surface area (Å²) in [5.41, 5.74) is 5.61. The van der Waals surface area contributed by atoms with Crippen LogP contribution in [0.3, 0.4) is 0 Å². The Morgan fingerprint density at radius 3 is 2.50 bits per heavy atom. The van der Waals surface area contributed by atoms with Crippen molar-refractivity contribution in [2.24, 2.45) is 0 Å². The Balaban J connectivity index is 1.55. The van der Waals surface area contributed by atoms with E-state index in [2.05, 4.69) is 62.2 Å². The average Bonchev–Trinajstić information content (AvgIpc) is 3.22. The number of para-hydroxylation sites is 1. The number of H-pyrrole nitrogens is 1. The highest BCUT2D eigenvalue weighted by molar-refractivity contribution is 5.97. The van der Waals surface area contributed by atoms with E-state index < -0.39 is 6.04 Å². The fourth-order valence-corrected chi connectivity index (χ4v) is 5.65. The van der Waals surface area contributed by atoms with Gasteiger partial charge in [-0.3, -0.25) is 9.59 Å². The zero-order valence-corrected chi connectivity index (χ0v) is 20.5. The van der Waals surface area contributed by atoms with E-state index in [1.54, 1.807) is 4.90 Å². The topological polar surface area (TPSA) is 56.4 Å². The molecule has 5 rings (SSSR count). The zero-order valence-electron chi connectivity index (χ0n) is 20.5. The van der Waals surface area contributed by atoms with Crippen LogP contribution in [0.4, 0.5) is 0 Å². The van der Waals surface area contributed by atoms with Gasteiger partial charge >= 0.3 is 0 Å². The van der Waals surface area contributed by atoms with Crippen LogP contribution in [0.25, 0.3) is 10.9 Å². The highest BCUT2D eigenvalue weighted by Crippen LogP contribution is 2.42. The van der Waals surface area contributed by atoms with E-state index in [1.165, 1.54) is 17.5 Å². The van der Waals surface area contributed by atoms with Gasteiger partial charge in [-0.25, -0.2) is 0 Å². The average molecular weight is 458 g/mol. The summed E-state index contributed by atoms with van der Waals surface area (Å²) in [5, 5.41) is 1.15. The summed E-state index contributed by atoms with van der Waals surface area (Å²) >= 11 is 0. The normalized spacial score (nSPS) is 20.2. The van der Waals surface area contributed by atoms with Crippen LogP contribution in [-0.2, 0) is 16.0 Å². The minimum Gasteiger partial charge on any atom is -0.356 e. The fourth-order valence-electron chi connectivity index (χ4n) is 5.65. The van der Waals surface area contributed by atoms with Gasteiger partial charge in [-0.1, -0.05) is 82.5 Å². The third-order valence-electron chi connectivity index (χ3n) is 7.54. The number of rotatable bonds is 7. The molecule has 1 saturated heterocycles. The molecule has 178 valence electrons. The van der Waals surface area contributed by atoms with E-state index >= 15 is 0 Å². The van der Waals surface area contributed by atoms with Crippen LogP contribution >= 0.6 is 0 Å². The Bertz CT molecular complexity index is 1190. The summed E-state index contributed by atoms with van der Waals surface area (Å²) in [6.45, 7) is 7.40. The molecule has 0 unspecified atom stereocenters. The highest BCUT2D eigenvalue weighted by atomic mass is 16.2. The lowest BCUT2D eigenvalue weighted by atomic mass is 9.85. The first-order chi connectivity index (χ1) is 16.5. The third kappa shape index (κ3) is 3.91. The minimum absolute atomic E-state index is 0.0438. The van der Waals surface area contributed by atoms with Gasteiger partial charge in [-0.05, 0) is 35.1 Å². The number of nitrogens with one attached hydrogen (secondary N) is 1. The minimum atomic E-state index is -0.450. The molecule has 3 heterocycles. The van der Waals surface area contributed by atoms with Crippen molar-refractivity contribution in [3.63, 3.8) is 0 Å². The number of hydrogen-bond donors (Lipinski definition) is 1. The number of amides is 2. The summed E-state index contributed by atoms with van der Waals surface area (Å²) in [6.07, 6.45) is 4.94. The van der Waals surface area contributed by atoms with E-state index in [0.29, 0.717) is 18.9 Å². The second-order valence-corrected chi connectivity index (χ2v) is 10.1. The predicted octanol–water partition coefficient (Wildman–Crippen LogP) is 5.56. The van der Waals surface area contributed by atoms with Crippen molar-refractivity contribution in [2.75, 3.05) is 13.1 Å². The molecule has 2 aromatic carbocycles. The quantitative estimate of drug-likeness (QED) is 0.473. The molecule has 2 aliphatic rings. The molecule has 5 nitrogen and oxygen atoms in total. The number of nitrogens with zero attached hydrogens (tertiary/aromatic N) is 2. The standard InChI is InChI=1S/C29H35N3O2/c1-4-5-6-9-16-31-18-26(33)32-25(29(31)34)17-23-22-10-7-8-11-24(22)30-27(23)28(32)21-14-12-20(13-15-21)19(2)3/h7-8,10-15,19,25,28,30H,4-6,9,16-18H2,1-3H3/t25-,28-/m0/s1. The molecule has 0 aliphatic carbocycles. The molecule has 1 fully saturated rings. The monoisotopic (exact) mass is 457 g/mol. The number of fused-ring (bicyclic) bond motifs is 4. The molecule has 0 radical (unpaired) electrons. The Hall–Kier alpha value is -3.08. The number of carbonyl (C=O) groups excluding carboxylic acids is 2. The van der Waals surface area contributed by atoms with Gasteiger partial charge in [-0.15, -0.1) is 0 Å². The van der Waals surface area contributed by atoms with Crippen molar-refractivity contribution in [1.29, 1.82) is 0 Å². The number of benzene rings is 2. The molecule has 5 heteroatoms. The van der Waals surface area contributed by atoms with Gasteiger partial charge in [-0.2, -0.15) is 0 Å². The molecule has 0 spiro atoms. The molecule has 0 saturated carbocycles. The van der Waals surface area contributed by atoms with Crippen LogP contribution < -0.4 is 0 Å². The number of carbonyl (C=O) groups is 2. The second kappa shape index (κ2) is 9.28. The van der Waals surface area contributed by atoms with E-state index in [0.717, 1.165) is 41.4 Å². The predicted molar refractivity (Wildman–Crippen MR) is 136 cm³/mol. The molecule has 2 aliphatic heterocycles. The Kier molecular flexibility index (Phi) is 6.20. The number of hydrogen-bond acceptors (Lipinski definition) is 2. The van der Waals surface area contributed by atoms with Gasteiger partial charge in [0.2, 0.25) is 11.8 Å². The zero-order chi connectivity index (χ0) is 23.8. The van der Waals surface area contributed by atoms with Gasteiger partial charge in [0, 0.05) is 29.6 Å². The van der Waals surface area contributed by atoms with Crippen molar-refractivity contribution in [3.05, 3.63) is 70.9 Å². The first-order valence-electron chi connectivity index (χ1n) is 12.8. The SMILES string of the molecule is CCCCCCN1CC(=O)N2[C@@H](c3ccc(C(C)C)cc3)c3[nH]c4ccccc4c3C[C@H]2C1=O. The summed E-state index contributed by atoms with van der Waals surface area (Å²) in [5.74, 6) is 0.578. The molecule has 2 atom stereocenters. The lowest BCUT2D eigenvalue weighted by molar-refractivity contribution is -0.158. The van der Waals surface area contributed by atoms with Crippen LogP contribution in [0.1, 0.15) is 80.8 Å². The van der Waals surface area contributed by atoms with Crippen molar-refractivity contribution in [2.45, 2.75) is 70.9 Å².